The van der Waals surface area contributed by atoms with Crippen LogP contribution in [0.3, 0.4) is 0 Å². The molecule has 0 unspecified atom stereocenters. The smallest absolute Gasteiger partial charge is 0.0766 e. The van der Waals surface area contributed by atoms with Crippen LogP contribution in [0.5, 0.6) is 0 Å². The second-order valence-electron chi connectivity index (χ2n) is 5.46. The summed E-state index contributed by atoms with van der Waals surface area (Å²) in [5, 5.41) is 10.4. The molecule has 0 aliphatic heterocycles. The van der Waals surface area contributed by atoms with Gasteiger partial charge in [0.1, 0.15) is 0 Å². The summed E-state index contributed by atoms with van der Waals surface area (Å²) < 4.78 is 3.03. The van der Waals surface area contributed by atoms with Crippen molar-refractivity contribution in [2.75, 3.05) is 0 Å². The van der Waals surface area contributed by atoms with Gasteiger partial charge in [-0.1, -0.05) is 41.9 Å². The lowest BCUT2D eigenvalue weighted by Gasteiger charge is -2.06. The second kappa shape index (κ2) is 6.00. The van der Waals surface area contributed by atoms with Crippen molar-refractivity contribution in [2.45, 2.75) is 26.4 Å². The first kappa shape index (κ1) is 14.3. The Morgan fingerprint density at radius 3 is 2.67 bits per heavy atom. The van der Waals surface area contributed by atoms with Gasteiger partial charge in [0, 0.05) is 23.3 Å². The van der Waals surface area contributed by atoms with E-state index in [9.17, 15) is 0 Å². The Kier molecular flexibility index (Phi) is 4.08. The Labute approximate surface area is 133 Å². The minimum absolute atomic E-state index is 0.467. The van der Waals surface area contributed by atoms with E-state index >= 15 is 0 Å². The normalized spacial score (nSPS) is 11.4. The summed E-state index contributed by atoms with van der Waals surface area (Å²) in [6, 6.07) is 15.2. The van der Waals surface area contributed by atoms with Crippen LogP contribution in [0, 0.1) is 0 Å². The zero-order valence-corrected chi connectivity index (χ0v) is 13.8. The lowest BCUT2D eigenvalue weighted by molar-refractivity contribution is 0.578. The lowest BCUT2D eigenvalue weighted by atomic mass is 10.1. The molecule has 3 nitrogen and oxygen atoms in total. The van der Waals surface area contributed by atoms with E-state index in [1.54, 1.807) is 0 Å². The summed E-state index contributed by atoms with van der Waals surface area (Å²) >= 11 is 3.50. The Morgan fingerprint density at radius 2 is 1.86 bits per heavy atom. The number of fused-ring (bicyclic) bond motifs is 1. The van der Waals surface area contributed by atoms with Crippen molar-refractivity contribution < 1.29 is 0 Å². The zero-order valence-electron chi connectivity index (χ0n) is 12.2. The van der Waals surface area contributed by atoms with Crippen LogP contribution >= 0.6 is 15.9 Å². The predicted octanol–water partition coefficient (Wildman–Crippen LogP) is 4.29. The van der Waals surface area contributed by atoms with Gasteiger partial charge in [0.25, 0.3) is 0 Å². The SMILES string of the molecule is CC(C)NCc1ccn(-c2ccc3cc(Br)ccc3c2)n1. The van der Waals surface area contributed by atoms with Crippen molar-refractivity contribution in [1.29, 1.82) is 0 Å². The van der Waals surface area contributed by atoms with E-state index in [2.05, 4.69) is 82.7 Å². The van der Waals surface area contributed by atoms with Gasteiger partial charge in [-0.2, -0.15) is 5.10 Å². The average Bonchev–Trinajstić information content (AvgIpc) is 2.93. The molecule has 0 saturated carbocycles. The monoisotopic (exact) mass is 343 g/mol. The van der Waals surface area contributed by atoms with Crippen LogP contribution in [0.4, 0.5) is 0 Å². The fourth-order valence-electron chi connectivity index (χ4n) is 2.25. The number of nitrogens with zero attached hydrogens (tertiary/aromatic N) is 2. The molecule has 0 radical (unpaired) electrons. The molecule has 2 aromatic carbocycles. The van der Waals surface area contributed by atoms with Crippen molar-refractivity contribution in [3.8, 4) is 5.69 Å². The van der Waals surface area contributed by atoms with E-state index in [0.717, 1.165) is 22.4 Å². The van der Waals surface area contributed by atoms with Crippen LogP contribution in [-0.4, -0.2) is 15.8 Å². The van der Waals surface area contributed by atoms with Crippen LogP contribution < -0.4 is 5.32 Å². The molecular formula is C17H18BrN3. The third kappa shape index (κ3) is 3.34. The Hall–Kier alpha value is -1.65. The summed E-state index contributed by atoms with van der Waals surface area (Å²) in [6.07, 6.45) is 2.01. The third-order valence-electron chi connectivity index (χ3n) is 3.39. The first-order chi connectivity index (χ1) is 10.1. The predicted molar refractivity (Wildman–Crippen MR) is 90.7 cm³/mol. The second-order valence-corrected chi connectivity index (χ2v) is 6.38. The quantitative estimate of drug-likeness (QED) is 0.765. The molecule has 1 heterocycles. The molecule has 1 N–H and O–H groups in total. The highest BCUT2D eigenvalue weighted by Crippen LogP contribution is 2.22. The first-order valence-corrected chi connectivity index (χ1v) is 7.89. The molecule has 0 aliphatic rings. The molecular weight excluding hydrogens is 326 g/mol. The van der Waals surface area contributed by atoms with E-state index in [1.807, 2.05) is 10.9 Å². The van der Waals surface area contributed by atoms with Gasteiger partial charge in [0.2, 0.25) is 0 Å². The molecule has 0 spiro atoms. The molecule has 21 heavy (non-hydrogen) atoms. The molecule has 0 saturated heterocycles. The van der Waals surface area contributed by atoms with Gasteiger partial charge in [-0.25, -0.2) is 4.68 Å². The number of nitrogens with one attached hydrogen (secondary N) is 1. The summed E-state index contributed by atoms with van der Waals surface area (Å²) in [5.41, 5.74) is 2.14. The van der Waals surface area contributed by atoms with Gasteiger partial charge < -0.3 is 5.32 Å². The Morgan fingerprint density at radius 1 is 1.10 bits per heavy atom. The Bertz CT molecular complexity index is 762. The molecule has 3 rings (SSSR count). The standard InChI is InChI=1S/C17H18BrN3/c1-12(2)19-11-16-7-8-21(20-16)17-6-4-13-9-15(18)5-3-14(13)10-17/h3-10,12,19H,11H2,1-2H3. The maximum atomic E-state index is 4.62. The largest absolute Gasteiger partial charge is 0.309 e. The molecule has 0 bridgehead atoms. The van der Waals surface area contributed by atoms with Crippen LogP contribution in [0.2, 0.25) is 0 Å². The van der Waals surface area contributed by atoms with Gasteiger partial charge >= 0.3 is 0 Å². The van der Waals surface area contributed by atoms with Gasteiger partial charge in [-0.05, 0) is 41.1 Å². The topological polar surface area (TPSA) is 29.9 Å². The molecule has 0 amide bonds. The fourth-order valence-corrected chi connectivity index (χ4v) is 2.63. The van der Waals surface area contributed by atoms with E-state index in [1.165, 1.54) is 10.8 Å². The number of benzene rings is 2. The zero-order chi connectivity index (χ0) is 14.8. The average molecular weight is 344 g/mol. The molecule has 1 aromatic heterocycles. The maximum Gasteiger partial charge on any atom is 0.0766 e. The summed E-state index contributed by atoms with van der Waals surface area (Å²) in [5.74, 6) is 0. The van der Waals surface area contributed by atoms with Gasteiger partial charge in [-0.15, -0.1) is 0 Å². The van der Waals surface area contributed by atoms with Gasteiger partial charge in [0.15, 0.2) is 0 Å². The number of halogens is 1. The summed E-state index contributed by atoms with van der Waals surface area (Å²) in [6.45, 7) is 5.07. The van der Waals surface area contributed by atoms with Gasteiger partial charge in [0.05, 0.1) is 11.4 Å². The van der Waals surface area contributed by atoms with E-state index in [0.29, 0.717) is 6.04 Å². The minimum atomic E-state index is 0.467. The number of rotatable bonds is 4. The lowest BCUT2D eigenvalue weighted by Crippen LogP contribution is -2.22. The molecule has 4 heteroatoms. The highest BCUT2D eigenvalue weighted by atomic mass is 79.9. The van der Waals surface area contributed by atoms with Crippen LogP contribution in [-0.2, 0) is 6.54 Å². The van der Waals surface area contributed by atoms with Crippen molar-refractivity contribution in [1.82, 2.24) is 15.1 Å². The van der Waals surface area contributed by atoms with E-state index < -0.39 is 0 Å². The highest BCUT2D eigenvalue weighted by molar-refractivity contribution is 9.10. The first-order valence-electron chi connectivity index (χ1n) is 7.09. The molecule has 0 fully saturated rings. The summed E-state index contributed by atoms with van der Waals surface area (Å²) in [7, 11) is 0. The van der Waals surface area contributed by atoms with Crippen molar-refractivity contribution in [3.63, 3.8) is 0 Å². The number of hydrogen-bond acceptors (Lipinski definition) is 2. The fraction of sp³-hybridized carbons (Fsp3) is 0.235. The van der Waals surface area contributed by atoms with Crippen molar-refractivity contribution in [2.24, 2.45) is 0 Å². The number of hydrogen-bond donors (Lipinski definition) is 1. The molecule has 108 valence electrons. The molecule has 3 aromatic rings. The highest BCUT2D eigenvalue weighted by Gasteiger charge is 2.03. The van der Waals surface area contributed by atoms with Gasteiger partial charge in [-0.3, -0.25) is 0 Å². The van der Waals surface area contributed by atoms with Crippen LogP contribution in [0.15, 0.2) is 53.1 Å². The third-order valence-corrected chi connectivity index (χ3v) is 3.88. The van der Waals surface area contributed by atoms with E-state index in [4.69, 9.17) is 0 Å². The van der Waals surface area contributed by atoms with Crippen LogP contribution in [0.1, 0.15) is 19.5 Å². The Balaban J connectivity index is 1.88. The van der Waals surface area contributed by atoms with Crippen molar-refractivity contribution >= 4 is 26.7 Å². The number of aromatic nitrogens is 2. The summed E-state index contributed by atoms with van der Waals surface area (Å²) in [4.78, 5) is 0. The minimum Gasteiger partial charge on any atom is -0.309 e. The molecule has 0 atom stereocenters. The maximum absolute atomic E-state index is 4.62. The van der Waals surface area contributed by atoms with Crippen molar-refractivity contribution in [3.05, 3.63) is 58.8 Å². The van der Waals surface area contributed by atoms with E-state index in [-0.39, 0.29) is 0 Å². The van der Waals surface area contributed by atoms with Crippen LogP contribution in [0.25, 0.3) is 16.5 Å². The molecule has 0 aliphatic carbocycles.